The molecule has 2 aromatic rings. The number of aromatic nitrogens is 1. The molecule has 0 saturated carbocycles. The number of carbonyl (C=O) groups is 1. The Morgan fingerprint density at radius 1 is 1.20 bits per heavy atom. The first-order valence-electron chi connectivity index (χ1n) is 5.41. The third-order valence-corrected chi connectivity index (χ3v) is 2.95. The summed E-state index contributed by atoms with van der Waals surface area (Å²) < 4.78 is 5.49. The van der Waals surface area contributed by atoms with Gasteiger partial charge in [-0.3, -0.25) is 4.79 Å². The van der Waals surface area contributed by atoms with Crippen LogP contribution in [0.3, 0.4) is 0 Å². The summed E-state index contributed by atoms with van der Waals surface area (Å²) in [6, 6.07) is 7.66. The molecule has 0 atom stereocenters. The Balaban J connectivity index is 2.27. The average Bonchev–Trinajstić information content (AvgIpc) is 2.42. The van der Waals surface area contributed by atoms with Crippen molar-refractivity contribution in [1.82, 2.24) is 4.98 Å². The minimum atomic E-state index is -0.520. The Morgan fingerprint density at radius 2 is 1.85 bits per heavy atom. The van der Waals surface area contributed by atoms with Gasteiger partial charge >= 0.3 is 0 Å². The normalized spacial score (nSPS) is 10.2. The highest BCUT2D eigenvalue weighted by molar-refractivity contribution is 6.36. The number of amides is 1. The summed E-state index contributed by atoms with van der Waals surface area (Å²) in [5.74, 6) is 5.56. The topological polar surface area (TPSA) is 103 Å². The predicted molar refractivity (Wildman–Crippen MR) is 77.1 cm³/mol. The quantitative estimate of drug-likeness (QED) is 0.594. The van der Waals surface area contributed by atoms with Gasteiger partial charge in [-0.05, 0) is 30.3 Å². The van der Waals surface area contributed by atoms with Crippen molar-refractivity contribution >= 4 is 34.9 Å². The van der Waals surface area contributed by atoms with Gasteiger partial charge in [-0.1, -0.05) is 23.2 Å². The van der Waals surface area contributed by atoms with Gasteiger partial charge < -0.3 is 15.9 Å². The van der Waals surface area contributed by atoms with Crippen molar-refractivity contribution in [2.75, 3.05) is 5.43 Å². The van der Waals surface area contributed by atoms with E-state index in [4.69, 9.17) is 39.5 Å². The van der Waals surface area contributed by atoms with Gasteiger partial charge in [0, 0.05) is 5.56 Å². The zero-order chi connectivity index (χ0) is 14.7. The lowest BCUT2D eigenvalue weighted by molar-refractivity contribution is 0.100. The van der Waals surface area contributed by atoms with Gasteiger partial charge in [0.05, 0.1) is 5.02 Å². The lowest BCUT2D eigenvalue weighted by atomic mass is 10.2. The van der Waals surface area contributed by atoms with E-state index < -0.39 is 5.91 Å². The fourth-order valence-electron chi connectivity index (χ4n) is 1.42. The Hall–Kier alpha value is -2.02. The second-order valence-corrected chi connectivity index (χ2v) is 4.56. The van der Waals surface area contributed by atoms with Crippen molar-refractivity contribution in [3.05, 3.63) is 45.9 Å². The number of nitrogens with one attached hydrogen (secondary N) is 1. The van der Waals surface area contributed by atoms with Crippen molar-refractivity contribution < 1.29 is 9.53 Å². The monoisotopic (exact) mass is 312 g/mol. The van der Waals surface area contributed by atoms with E-state index in [9.17, 15) is 4.79 Å². The summed E-state index contributed by atoms with van der Waals surface area (Å²) in [7, 11) is 0. The number of ether oxygens (including phenoxy) is 1. The summed E-state index contributed by atoms with van der Waals surface area (Å²) in [5, 5.41) is 0.502. The molecule has 5 N–H and O–H groups in total. The largest absolute Gasteiger partial charge is 0.437 e. The number of rotatable bonds is 4. The van der Waals surface area contributed by atoms with Gasteiger partial charge in [0.1, 0.15) is 10.8 Å². The van der Waals surface area contributed by atoms with Crippen LogP contribution in [-0.4, -0.2) is 10.9 Å². The first-order valence-corrected chi connectivity index (χ1v) is 6.17. The minimum Gasteiger partial charge on any atom is -0.437 e. The van der Waals surface area contributed by atoms with Crippen LogP contribution in [0.4, 0.5) is 5.82 Å². The molecular formula is C12H10Cl2N4O2. The van der Waals surface area contributed by atoms with E-state index in [2.05, 4.69) is 10.4 Å². The molecular weight excluding hydrogens is 303 g/mol. The highest BCUT2D eigenvalue weighted by Gasteiger charge is 2.11. The highest BCUT2D eigenvalue weighted by Crippen LogP contribution is 2.33. The molecule has 1 amide bonds. The van der Waals surface area contributed by atoms with Crippen molar-refractivity contribution in [3.8, 4) is 11.6 Å². The summed E-state index contributed by atoms with van der Waals surface area (Å²) in [6.07, 6.45) is 0. The number of halogens is 2. The number of primary amides is 1. The van der Waals surface area contributed by atoms with E-state index in [1.165, 1.54) is 18.2 Å². The molecule has 2 rings (SSSR count). The Bertz CT molecular complexity index is 647. The molecule has 0 aliphatic rings. The fraction of sp³-hybridized carbons (Fsp3) is 0. The number of benzene rings is 1. The van der Waals surface area contributed by atoms with Gasteiger partial charge in [0.15, 0.2) is 5.82 Å². The second-order valence-electron chi connectivity index (χ2n) is 3.74. The van der Waals surface area contributed by atoms with Gasteiger partial charge in [-0.2, -0.15) is 4.98 Å². The van der Waals surface area contributed by atoms with Crippen molar-refractivity contribution in [1.29, 1.82) is 0 Å². The van der Waals surface area contributed by atoms with Crippen LogP contribution in [0.1, 0.15) is 10.4 Å². The van der Waals surface area contributed by atoms with Crippen LogP contribution in [-0.2, 0) is 0 Å². The molecule has 1 aromatic heterocycles. The first kappa shape index (κ1) is 14.4. The van der Waals surface area contributed by atoms with Gasteiger partial charge in [-0.25, -0.2) is 5.84 Å². The second kappa shape index (κ2) is 5.96. The van der Waals surface area contributed by atoms with Crippen LogP contribution in [0.25, 0.3) is 0 Å². The molecule has 20 heavy (non-hydrogen) atoms. The number of nitrogens with zero attached hydrogens (tertiary/aromatic N) is 1. The fourth-order valence-corrected chi connectivity index (χ4v) is 1.87. The van der Waals surface area contributed by atoms with Gasteiger partial charge in [0.25, 0.3) is 0 Å². The van der Waals surface area contributed by atoms with Crippen LogP contribution >= 0.6 is 23.2 Å². The predicted octanol–water partition coefficient (Wildman–Crippen LogP) is 2.57. The smallest absolute Gasteiger partial charge is 0.248 e. The van der Waals surface area contributed by atoms with Gasteiger partial charge in [0.2, 0.25) is 11.8 Å². The number of pyridine rings is 1. The highest BCUT2D eigenvalue weighted by atomic mass is 35.5. The lowest BCUT2D eigenvalue weighted by Crippen LogP contribution is -2.10. The third-order valence-electron chi connectivity index (χ3n) is 2.39. The molecule has 0 unspecified atom stereocenters. The molecule has 1 heterocycles. The molecule has 8 heteroatoms. The number of nitrogen functional groups attached to an aromatic ring is 1. The first-order chi connectivity index (χ1) is 9.51. The van der Waals surface area contributed by atoms with Gasteiger partial charge in [-0.15, -0.1) is 0 Å². The molecule has 1 aromatic carbocycles. The number of hydrogen-bond donors (Lipinski definition) is 3. The molecule has 0 fully saturated rings. The third kappa shape index (κ3) is 3.11. The van der Waals surface area contributed by atoms with Crippen molar-refractivity contribution in [2.24, 2.45) is 11.6 Å². The summed E-state index contributed by atoms with van der Waals surface area (Å²) in [6.45, 7) is 0. The van der Waals surface area contributed by atoms with E-state index in [0.29, 0.717) is 11.3 Å². The summed E-state index contributed by atoms with van der Waals surface area (Å²) in [4.78, 5) is 15.0. The number of hydrazine groups is 1. The van der Waals surface area contributed by atoms with Crippen LogP contribution in [0.15, 0.2) is 30.3 Å². The van der Waals surface area contributed by atoms with Crippen molar-refractivity contribution in [2.45, 2.75) is 0 Å². The number of hydrogen-bond acceptors (Lipinski definition) is 5. The average molecular weight is 313 g/mol. The molecule has 0 radical (unpaired) electrons. The zero-order valence-electron chi connectivity index (χ0n) is 10.1. The molecule has 0 saturated heterocycles. The van der Waals surface area contributed by atoms with E-state index in [0.717, 1.165) is 0 Å². The molecule has 6 nitrogen and oxygen atoms in total. The molecule has 104 valence electrons. The molecule has 0 aliphatic carbocycles. The van der Waals surface area contributed by atoms with E-state index in [1.807, 2.05) is 0 Å². The maximum absolute atomic E-state index is 11.0. The maximum Gasteiger partial charge on any atom is 0.248 e. The van der Waals surface area contributed by atoms with Crippen LogP contribution in [0.5, 0.6) is 11.6 Å². The number of carbonyl (C=O) groups excluding carboxylic acids is 1. The Morgan fingerprint density at radius 3 is 2.40 bits per heavy atom. The summed E-state index contributed by atoms with van der Waals surface area (Å²) >= 11 is 11.8. The van der Waals surface area contributed by atoms with Crippen LogP contribution in [0, 0.1) is 0 Å². The maximum atomic E-state index is 11.0. The van der Waals surface area contributed by atoms with E-state index in [-0.39, 0.29) is 21.7 Å². The number of nitrogens with two attached hydrogens (primary N) is 2. The Kier molecular flexibility index (Phi) is 4.29. The minimum absolute atomic E-state index is 0.135. The van der Waals surface area contributed by atoms with Crippen molar-refractivity contribution in [3.63, 3.8) is 0 Å². The lowest BCUT2D eigenvalue weighted by Gasteiger charge is -2.09. The summed E-state index contributed by atoms with van der Waals surface area (Å²) in [5.41, 5.74) is 7.85. The molecule has 0 bridgehead atoms. The number of anilines is 1. The molecule has 0 aliphatic heterocycles. The SMILES string of the molecule is NNc1nc(Oc2ccc(C(N)=O)cc2)c(Cl)cc1Cl. The van der Waals surface area contributed by atoms with E-state index >= 15 is 0 Å². The van der Waals surface area contributed by atoms with Crippen LogP contribution < -0.4 is 21.7 Å². The van der Waals surface area contributed by atoms with E-state index in [1.54, 1.807) is 12.1 Å². The zero-order valence-corrected chi connectivity index (χ0v) is 11.6. The standard InChI is InChI=1S/C12H10Cl2N4O2/c13-8-5-9(14)12(17-11(8)18-16)20-7-3-1-6(2-4-7)10(15)19/h1-5H,16H2,(H2,15,19)(H,17,18). The molecule has 0 spiro atoms. The Labute approximate surface area is 124 Å². The van der Waals surface area contributed by atoms with Crippen LogP contribution in [0.2, 0.25) is 10.0 Å².